The van der Waals surface area contributed by atoms with Crippen molar-refractivity contribution in [1.82, 2.24) is 4.90 Å². The second-order valence-electron chi connectivity index (χ2n) is 4.00. The van der Waals surface area contributed by atoms with E-state index in [-0.39, 0.29) is 36.9 Å². The Morgan fingerprint density at radius 3 is 1.94 bits per heavy atom. The number of likely N-dealkylation sites (tertiary alicyclic amines) is 1. The number of amides is 1. The van der Waals surface area contributed by atoms with Crippen LogP contribution in [0.5, 0.6) is 0 Å². The van der Waals surface area contributed by atoms with Gasteiger partial charge in [0, 0.05) is 7.05 Å². The fourth-order valence-corrected chi connectivity index (χ4v) is 2.12. The molecule has 1 fully saturated rings. The van der Waals surface area contributed by atoms with Crippen molar-refractivity contribution in [3.05, 3.63) is 0 Å². The number of hydrogen-bond donors (Lipinski definition) is 2. The minimum atomic E-state index is -2.09. The Morgan fingerprint density at radius 1 is 1.38 bits per heavy atom. The minimum absolute atomic E-state index is 0. The second kappa shape index (κ2) is 4.73. The summed E-state index contributed by atoms with van der Waals surface area (Å²) in [6, 6.07) is 0. The molecule has 6 nitrogen and oxygen atoms in total. The van der Waals surface area contributed by atoms with Gasteiger partial charge in [-0.3, -0.25) is 4.79 Å². The standard InChI is InChI=1S/C9H13NO5.Na.H/c1-4(2)5-6(11)10(3)9(5,7(12)13)8(14)15;;/h4-5H,1-3H3,(H,12,13)(H,14,15);;/q;+1;-1. The van der Waals surface area contributed by atoms with Gasteiger partial charge in [0.2, 0.25) is 11.4 Å². The van der Waals surface area contributed by atoms with Gasteiger partial charge in [-0.15, -0.1) is 0 Å². The molecule has 0 bridgehead atoms. The molecular weight excluding hydrogens is 225 g/mol. The Bertz CT molecular complexity index is 332. The van der Waals surface area contributed by atoms with Crippen molar-refractivity contribution in [2.24, 2.45) is 11.8 Å². The minimum Gasteiger partial charge on any atom is -1.00 e. The number of carboxylic acid groups (broad SMARTS) is 2. The molecule has 7 heteroatoms. The molecule has 1 heterocycles. The monoisotopic (exact) mass is 239 g/mol. The van der Waals surface area contributed by atoms with Crippen LogP contribution in [0.25, 0.3) is 0 Å². The maximum Gasteiger partial charge on any atom is 1.00 e. The first-order valence-electron chi connectivity index (χ1n) is 4.52. The van der Waals surface area contributed by atoms with Gasteiger partial charge in [-0.2, -0.15) is 0 Å². The zero-order valence-electron chi connectivity index (χ0n) is 10.7. The van der Waals surface area contributed by atoms with Gasteiger partial charge < -0.3 is 16.5 Å². The Morgan fingerprint density at radius 2 is 1.75 bits per heavy atom. The van der Waals surface area contributed by atoms with E-state index in [0.717, 1.165) is 4.90 Å². The molecule has 0 radical (unpaired) electrons. The van der Waals surface area contributed by atoms with Crippen LogP contribution >= 0.6 is 0 Å². The molecule has 0 aliphatic carbocycles. The van der Waals surface area contributed by atoms with Gasteiger partial charge in [-0.25, -0.2) is 9.59 Å². The number of carbonyl (C=O) groups is 3. The molecule has 86 valence electrons. The number of hydrogen-bond acceptors (Lipinski definition) is 3. The zero-order chi connectivity index (χ0) is 12.0. The number of nitrogens with zero attached hydrogens (tertiary/aromatic N) is 1. The predicted molar refractivity (Wildman–Crippen MR) is 50.2 cm³/mol. The molecule has 2 N–H and O–H groups in total. The Balaban J connectivity index is 0. The van der Waals surface area contributed by atoms with Gasteiger partial charge in [-0.1, -0.05) is 13.8 Å². The normalized spacial score (nSPS) is 22.4. The number of aliphatic carboxylic acids is 2. The van der Waals surface area contributed by atoms with Crippen LogP contribution in [-0.2, 0) is 14.4 Å². The summed E-state index contributed by atoms with van der Waals surface area (Å²) in [4.78, 5) is 34.3. The van der Waals surface area contributed by atoms with Gasteiger partial charge in [0.15, 0.2) is 0 Å². The van der Waals surface area contributed by atoms with E-state index in [2.05, 4.69) is 0 Å². The van der Waals surface area contributed by atoms with E-state index in [4.69, 9.17) is 10.2 Å². The van der Waals surface area contributed by atoms with Crippen molar-refractivity contribution in [1.29, 1.82) is 0 Å². The molecule has 0 aromatic heterocycles. The summed E-state index contributed by atoms with van der Waals surface area (Å²) in [6.45, 7) is 3.27. The predicted octanol–water partition coefficient (Wildman–Crippen LogP) is -3.24. The largest absolute Gasteiger partial charge is 1.00 e. The number of likely N-dealkylation sites (N-methyl/N-ethyl adjacent to an activating group) is 1. The molecule has 0 spiro atoms. The summed E-state index contributed by atoms with van der Waals surface area (Å²) in [6.07, 6.45) is 0. The van der Waals surface area contributed by atoms with Gasteiger partial charge in [-0.05, 0) is 5.92 Å². The van der Waals surface area contributed by atoms with Crippen LogP contribution in [0.1, 0.15) is 15.3 Å². The summed E-state index contributed by atoms with van der Waals surface area (Å²) >= 11 is 0. The molecule has 0 saturated carbocycles. The molecule has 0 aromatic carbocycles. The van der Waals surface area contributed by atoms with Crippen molar-refractivity contribution in [3.8, 4) is 0 Å². The van der Waals surface area contributed by atoms with Crippen molar-refractivity contribution in [2.45, 2.75) is 19.4 Å². The van der Waals surface area contributed by atoms with E-state index < -0.39 is 29.3 Å². The summed E-state index contributed by atoms with van der Waals surface area (Å²) < 4.78 is 0. The molecule has 0 aromatic rings. The second-order valence-corrected chi connectivity index (χ2v) is 4.00. The van der Waals surface area contributed by atoms with E-state index in [1.165, 1.54) is 7.05 Å². The summed E-state index contributed by atoms with van der Waals surface area (Å²) in [5.41, 5.74) is -2.09. The van der Waals surface area contributed by atoms with E-state index >= 15 is 0 Å². The average molecular weight is 239 g/mol. The molecule has 1 rings (SSSR count). The third-order valence-corrected chi connectivity index (χ3v) is 2.89. The fraction of sp³-hybridized carbons (Fsp3) is 0.667. The van der Waals surface area contributed by atoms with Crippen molar-refractivity contribution in [2.75, 3.05) is 7.05 Å². The first kappa shape index (κ1) is 15.4. The van der Waals surface area contributed by atoms with E-state index in [0.29, 0.717) is 0 Å². The van der Waals surface area contributed by atoms with Crippen molar-refractivity contribution < 1.29 is 55.6 Å². The average Bonchev–Trinajstić information content (AvgIpc) is 2.09. The molecule has 1 amide bonds. The molecule has 1 atom stereocenters. The molecule has 16 heavy (non-hydrogen) atoms. The zero-order valence-corrected chi connectivity index (χ0v) is 11.7. The van der Waals surface area contributed by atoms with E-state index in [1.54, 1.807) is 13.8 Å². The van der Waals surface area contributed by atoms with Crippen LogP contribution in [-0.4, -0.2) is 45.5 Å². The topological polar surface area (TPSA) is 94.9 Å². The van der Waals surface area contributed by atoms with Gasteiger partial charge in [0.05, 0.1) is 5.92 Å². The number of rotatable bonds is 3. The quantitative estimate of drug-likeness (QED) is 0.306. The third-order valence-electron chi connectivity index (χ3n) is 2.89. The molecular formula is C9H14NNaO5. The van der Waals surface area contributed by atoms with Crippen LogP contribution in [0.4, 0.5) is 0 Å². The van der Waals surface area contributed by atoms with Gasteiger partial charge >= 0.3 is 41.5 Å². The van der Waals surface area contributed by atoms with Crippen molar-refractivity contribution >= 4 is 17.8 Å². The maximum absolute atomic E-state index is 11.4. The third kappa shape index (κ3) is 1.65. The number of carboxylic acids is 2. The van der Waals surface area contributed by atoms with Crippen LogP contribution in [0, 0.1) is 11.8 Å². The SMILES string of the molecule is CC(C)C1C(=O)N(C)C1(C(=O)O)C(=O)O.[H-].[Na+]. The maximum atomic E-state index is 11.4. The van der Waals surface area contributed by atoms with Crippen LogP contribution in [0.2, 0.25) is 0 Å². The van der Waals surface area contributed by atoms with E-state index in [1.807, 2.05) is 0 Å². The van der Waals surface area contributed by atoms with Crippen LogP contribution < -0.4 is 29.6 Å². The van der Waals surface area contributed by atoms with Gasteiger partial charge in [0.25, 0.3) is 0 Å². The number of β-lactam (4-membered cyclic amide) rings is 1. The molecule has 1 aliphatic heterocycles. The fourth-order valence-electron chi connectivity index (χ4n) is 2.12. The molecule has 1 unspecified atom stereocenters. The Kier molecular flexibility index (Phi) is 4.55. The Labute approximate surface area is 116 Å². The van der Waals surface area contributed by atoms with Crippen LogP contribution in [0.3, 0.4) is 0 Å². The first-order chi connectivity index (χ1) is 6.77. The van der Waals surface area contributed by atoms with Crippen LogP contribution in [0.15, 0.2) is 0 Å². The van der Waals surface area contributed by atoms with Crippen molar-refractivity contribution in [3.63, 3.8) is 0 Å². The summed E-state index contributed by atoms with van der Waals surface area (Å²) in [5, 5.41) is 18.0. The smallest absolute Gasteiger partial charge is 1.00 e. The van der Waals surface area contributed by atoms with Gasteiger partial charge in [0.1, 0.15) is 0 Å². The molecule has 1 saturated heterocycles. The molecule has 1 aliphatic rings. The number of carbonyl (C=O) groups excluding carboxylic acids is 1. The summed E-state index contributed by atoms with van der Waals surface area (Å²) in [5.74, 6) is -4.72. The summed E-state index contributed by atoms with van der Waals surface area (Å²) in [7, 11) is 1.20. The Hall–Kier alpha value is -0.590. The van der Waals surface area contributed by atoms with E-state index in [9.17, 15) is 14.4 Å². The first-order valence-corrected chi connectivity index (χ1v) is 4.52.